The summed E-state index contributed by atoms with van der Waals surface area (Å²) >= 11 is 0. The van der Waals surface area contributed by atoms with Gasteiger partial charge in [-0.05, 0) is 25.3 Å². The SMILES string of the molecule is CCCCCCc1c(C2(CCCCCC)OC(=O)CC(=O)O2)cc(OC)c(O)c1OC. The quantitative estimate of drug-likeness (QED) is 0.260. The van der Waals surface area contributed by atoms with Gasteiger partial charge in [-0.15, -0.1) is 0 Å². The first-order valence-electron chi connectivity index (χ1n) is 11.3. The minimum Gasteiger partial charge on any atom is -0.502 e. The second kappa shape index (κ2) is 11.8. The zero-order valence-electron chi connectivity index (χ0n) is 19.3. The highest BCUT2D eigenvalue weighted by Crippen LogP contribution is 2.48. The maximum absolute atomic E-state index is 12.3. The van der Waals surface area contributed by atoms with Crippen LogP contribution in [-0.4, -0.2) is 31.3 Å². The molecule has 0 aromatic heterocycles. The van der Waals surface area contributed by atoms with Crippen molar-refractivity contribution >= 4 is 11.9 Å². The van der Waals surface area contributed by atoms with Crippen LogP contribution in [0.4, 0.5) is 0 Å². The summed E-state index contributed by atoms with van der Waals surface area (Å²) in [4.78, 5) is 24.6. The lowest BCUT2D eigenvalue weighted by Crippen LogP contribution is -2.43. The van der Waals surface area contributed by atoms with Gasteiger partial charge in [0.05, 0.1) is 14.2 Å². The number of hydrogen-bond acceptors (Lipinski definition) is 7. The molecule has 0 amide bonds. The van der Waals surface area contributed by atoms with Gasteiger partial charge in [-0.1, -0.05) is 52.4 Å². The number of phenols is 1. The molecule has 0 atom stereocenters. The van der Waals surface area contributed by atoms with Gasteiger partial charge in [0.15, 0.2) is 11.5 Å². The van der Waals surface area contributed by atoms with Crippen molar-refractivity contribution in [1.29, 1.82) is 0 Å². The zero-order chi connectivity index (χ0) is 22.9. The molecule has 1 fully saturated rings. The van der Waals surface area contributed by atoms with Crippen LogP contribution in [0.3, 0.4) is 0 Å². The van der Waals surface area contributed by atoms with Gasteiger partial charge in [-0.25, -0.2) is 0 Å². The summed E-state index contributed by atoms with van der Waals surface area (Å²) in [5, 5.41) is 10.7. The van der Waals surface area contributed by atoms with Gasteiger partial charge < -0.3 is 24.1 Å². The minimum atomic E-state index is -1.55. The van der Waals surface area contributed by atoms with Crippen LogP contribution in [0.5, 0.6) is 17.2 Å². The number of benzene rings is 1. The fourth-order valence-corrected chi connectivity index (χ4v) is 4.07. The third-order valence-electron chi connectivity index (χ3n) is 5.64. The molecule has 7 nitrogen and oxygen atoms in total. The molecule has 0 aliphatic carbocycles. The Balaban J connectivity index is 2.57. The summed E-state index contributed by atoms with van der Waals surface area (Å²) < 4.78 is 22.4. The Morgan fingerprint density at radius 1 is 0.935 bits per heavy atom. The molecular weight excluding hydrogens is 400 g/mol. The molecule has 0 saturated carbocycles. The van der Waals surface area contributed by atoms with Crippen LogP contribution in [0, 0.1) is 0 Å². The second-order valence-corrected chi connectivity index (χ2v) is 7.99. The highest BCUT2D eigenvalue weighted by Gasteiger charge is 2.47. The molecule has 31 heavy (non-hydrogen) atoms. The number of unbranched alkanes of at least 4 members (excludes halogenated alkanes) is 6. The molecule has 1 N–H and O–H groups in total. The smallest absolute Gasteiger partial charge is 0.320 e. The van der Waals surface area contributed by atoms with Gasteiger partial charge in [0.1, 0.15) is 6.42 Å². The molecule has 2 rings (SSSR count). The molecule has 0 spiro atoms. The number of hydrogen-bond donors (Lipinski definition) is 1. The number of cyclic esters (lactones) is 2. The number of methoxy groups -OCH3 is 2. The van der Waals surface area contributed by atoms with Crippen molar-refractivity contribution in [3.63, 3.8) is 0 Å². The Morgan fingerprint density at radius 3 is 2.10 bits per heavy atom. The lowest BCUT2D eigenvalue weighted by atomic mass is 9.89. The Bertz CT molecular complexity index is 741. The Labute approximate surface area is 185 Å². The lowest BCUT2D eigenvalue weighted by molar-refractivity contribution is -0.252. The lowest BCUT2D eigenvalue weighted by Gasteiger charge is -2.38. The third-order valence-corrected chi connectivity index (χ3v) is 5.64. The summed E-state index contributed by atoms with van der Waals surface area (Å²) in [6, 6.07) is 1.61. The van der Waals surface area contributed by atoms with Crippen molar-refractivity contribution in [3.05, 3.63) is 17.2 Å². The van der Waals surface area contributed by atoms with E-state index in [4.69, 9.17) is 18.9 Å². The van der Waals surface area contributed by atoms with E-state index in [2.05, 4.69) is 13.8 Å². The average molecular weight is 437 g/mol. The van der Waals surface area contributed by atoms with Crippen molar-refractivity contribution < 1.29 is 33.6 Å². The third kappa shape index (κ3) is 6.05. The van der Waals surface area contributed by atoms with Crippen LogP contribution < -0.4 is 9.47 Å². The largest absolute Gasteiger partial charge is 0.502 e. The topological polar surface area (TPSA) is 91.3 Å². The van der Waals surface area contributed by atoms with Crippen molar-refractivity contribution in [2.45, 2.75) is 90.3 Å². The van der Waals surface area contributed by atoms with Gasteiger partial charge >= 0.3 is 11.9 Å². The molecule has 1 heterocycles. The van der Waals surface area contributed by atoms with E-state index in [9.17, 15) is 14.7 Å². The molecule has 0 unspecified atom stereocenters. The van der Waals surface area contributed by atoms with Gasteiger partial charge in [0.2, 0.25) is 5.75 Å². The number of carbonyl (C=O) groups is 2. The van der Waals surface area contributed by atoms with E-state index in [1.54, 1.807) is 6.07 Å². The summed E-state index contributed by atoms with van der Waals surface area (Å²) in [6.07, 6.45) is 8.29. The van der Waals surface area contributed by atoms with Gasteiger partial charge in [-0.2, -0.15) is 0 Å². The molecule has 1 saturated heterocycles. The molecule has 174 valence electrons. The fourth-order valence-electron chi connectivity index (χ4n) is 4.07. The Morgan fingerprint density at radius 2 is 1.55 bits per heavy atom. The average Bonchev–Trinajstić information content (AvgIpc) is 2.73. The van der Waals surface area contributed by atoms with Crippen LogP contribution >= 0.6 is 0 Å². The van der Waals surface area contributed by atoms with Crippen molar-refractivity contribution in [2.75, 3.05) is 14.2 Å². The van der Waals surface area contributed by atoms with E-state index in [0.29, 0.717) is 24.0 Å². The number of aromatic hydroxyl groups is 1. The highest BCUT2D eigenvalue weighted by molar-refractivity contribution is 5.93. The number of esters is 2. The summed E-state index contributed by atoms with van der Waals surface area (Å²) in [5.41, 5.74) is 1.18. The van der Waals surface area contributed by atoms with E-state index in [-0.39, 0.29) is 17.2 Å². The normalized spacial score (nSPS) is 15.4. The number of carbonyl (C=O) groups excluding carboxylic acids is 2. The van der Waals surface area contributed by atoms with E-state index in [1.165, 1.54) is 14.2 Å². The Kier molecular flexibility index (Phi) is 9.46. The maximum Gasteiger partial charge on any atom is 0.320 e. The molecule has 7 heteroatoms. The van der Waals surface area contributed by atoms with Crippen LogP contribution in [-0.2, 0) is 31.3 Å². The van der Waals surface area contributed by atoms with Gasteiger partial charge in [-0.3, -0.25) is 9.59 Å². The molecule has 1 aliphatic rings. The van der Waals surface area contributed by atoms with E-state index in [0.717, 1.165) is 51.4 Å². The predicted molar refractivity (Wildman–Crippen MR) is 116 cm³/mol. The number of ether oxygens (including phenoxy) is 4. The molecule has 0 radical (unpaired) electrons. The molecular formula is C24H36O7. The molecule has 0 bridgehead atoms. The first-order valence-corrected chi connectivity index (χ1v) is 11.3. The number of rotatable bonds is 13. The summed E-state index contributed by atoms with van der Waals surface area (Å²) in [6.45, 7) is 4.25. The predicted octanol–water partition coefficient (Wildman–Crippen LogP) is 5.15. The van der Waals surface area contributed by atoms with E-state index < -0.39 is 24.1 Å². The second-order valence-electron chi connectivity index (χ2n) is 7.99. The first-order chi connectivity index (χ1) is 14.9. The minimum absolute atomic E-state index is 0.117. The highest BCUT2D eigenvalue weighted by atomic mass is 16.7. The molecule has 1 aromatic carbocycles. The van der Waals surface area contributed by atoms with Crippen molar-refractivity contribution in [3.8, 4) is 17.2 Å². The van der Waals surface area contributed by atoms with Crippen LogP contribution in [0.2, 0.25) is 0 Å². The van der Waals surface area contributed by atoms with Gasteiger partial charge in [0.25, 0.3) is 5.79 Å². The van der Waals surface area contributed by atoms with E-state index >= 15 is 0 Å². The van der Waals surface area contributed by atoms with Crippen LogP contribution in [0.15, 0.2) is 6.07 Å². The first kappa shape index (κ1) is 24.8. The van der Waals surface area contributed by atoms with Gasteiger partial charge in [0, 0.05) is 17.5 Å². The Hall–Kier alpha value is -2.44. The number of phenolic OH excluding ortho intramolecular Hbond substituents is 1. The summed E-state index contributed by atoms with van der Waals surface area (Å²) in [5.74, 6) is -2.46. The molecule has 1 aromatic rings. The van der Waals surface area contributed by atoms with E-state index in [1.807, 2.05) is 0 Å². The van der Waals surface area contributed by atoms with Crippen molar-refractivity contribution in [1.82, 2.24) is 0 Å². The standard InChI is InChI=1S/C24H36O7/c1-5-7-9-11-13-17-18(15-19(28-3)22(27)23(17)29-4)24(14-12-10-8-6-2)30-20(25)16-21(26)31-24/h15,27H,5-14,16H2,1-4H3. The summed E-state index contributed by atoms with van der Waals surface area (Å²) in [7, 11) is 2.91. The zero-order valence-corrected chi connectivity index (χ0v) is 19.3. The molecule has 1 aliphatic heterocycles. The van der Waals surface area contributed by atoms with Crippen LogP contribution in [0.1, 0.15) is 89.2 Å². The maximum atomic E-state index is 12.3. The van der Waals surface area contributed by atoms with Crippen molar-refractivity contribution in [2.24, 2.45) is 0 Å². The monoisotopic (exact) mass is 436 g/mol. The fraction of sp³-hybridized carbons (Fsp3) is 0.667. The van der Waals surface area contributed by atoms with Crippen LogP contribution in [0.25, 0.3) is 0 Å².